The van der Waals surface area contributed by atoms with Crippen LogP contribution in [0, 0.1) is 11.8 Å². The Labute approximate surface area is 265 Å². The Morgan fingerprint density at radius 2 is 1.77 bits per heavy atom. The van der Waals surface area contributed by atoms with Gasteiger partial charge in [0.2, 0.25) is 5.91 Å². The molecule has 3 fully saturated rings. The number of benzene rings is 1. The lowest BCUT2D eigenvalue weighted by Crippen LogP contribution is -2.63. The van der Waals surface area contributed by atoms with Gasteiger partial charge in [-0.05, 0) is 88.5 Å². The Morgan fingerprint density at radius 1 is 1.02 bits per heavy atom. The molecule has 4 aliphatic rings. The van der Waals surface area contributed by atoms with Gasteiger partial charge in [0.25, 0.3) is 0 Å². The number of esters is 1. The number of carbonyl (C=O) groups excluding carboxylic acids is 2. The van der Waals surface area contributed by atoms with Crippen molar-refractivity contribution in [3.05, 3.63) is 41.7 Å². The number of para-hydroxylation sites is 1. The van der Waals surface area contributed by atoms with Crippen LogP contribution in [0.3, 0.4) is 0 Å². The number of methoxy groups -OCH3 is 2. The lowest BCUT2D eigenvalue weighted by molar-refractivity contribution is -0.138. The Morgan fingerprint density at radius 3 is 2.52 bits per heavy atom. The topological polar surface area (TPSA) is 74.4 Å². The van der Waals surface area contributed by atoms with Crippen LogP contribution in [0.1, 0.15) is 83.6 Å². The van der Waals surface area contributed by atoms with Gasteiger partial charge < -0.3 is 24.6 Å². The molecule has 0 saturated carbocycles. The van der Waals surface area contributed by atoms with E-state index in [1.54, 1.807) is 13.4 Å². The van der Waals surface area contributed by atoms with Crippen LogP contribution in [0.5, 0.6) is 0 Å². The van der Waals surface area contributed by atoms with Crippen molar-refractivity contribution in [2.24, 2.45) is 11.8 Å². The summed E-state index contributed by atoms with van der Waals surface area (Å²) in [5.41, 5.74) is 1.81. The molecule has 1 aromatic rings. The number of carbonyl (C=O) groups is 2. The van der Waals surface area contributed by atoms with E-state index in [0.29, 0.717) is 11.5 Å². The Hall–Kier alpha value is -2.42. The molecule has 0 aromatic heterocycles. The van der Waals surface area contributed by atoms with E-state index in [1.165, 1.54) is 64.4 Å². The minimum Gasteiger partial charge on any atom is -0.504 e. The van der Waals surface area contributed by atoms with Crippen LogP contribution in [0.4, 0.5) is 5.69 Å². The van der Waals surface area contributed by atoms with Crippen LogP contribution in [0.15, 0.2) is 36.1 Å². The summed E-state index contributed by atoms with van der Waals surface area (Å²) in [5.74, 6) is 0.168. The average Bonchev–Trinajstić information content (AvgIpc) is 3.73. The van der Waals surface area contributed by atoms with Gasteiger partial charge in [0.1, 0.15) is 0 Å². The maximum absolute atomic E-state index is 14.7. The van der Waals surface area contributed by atoms with Crippen LogP contribution in [0.25, 0.3) is 0 Å². The highest BCUT2D eigenvalue weighted by molar-refractivity contribution is 6.09. The minimum atomic E-state index is -0.615. The molecule has 4 unspecified atom stereocenters. The molecular weight excluding hydrogens is 552 g/mol. The second kappa shape index (κ2) is 14.8. The molecule has 1 amide bonds. The maximum Gasteiger partial charge on any atom is 0.337 e. The quantitative estimate of drug-likeness (QED) is 0.128. The lowest BCUT2D eigenvalue weighted by Gasteiger charge is -2.53. The number of anilines is 1. The SMILES string of the molecule is CCC1CN2CCC3(C(=O)N(CCCCCCCNCCN4CCCC4)c4ccccc43)C2(C)CC1C(=COC)C(=O)OC. The Kier molecular flexibility index (Phi) is 11.1. The van der Waals surface area contributed by atoms with E-state index >= 15 is 0 Å². The van der Waals surface area contributed by atoms with Crippen molar-refractivity contribution >= 4 is 17.6 Å². The summed E-state index contributed by atoms with van der Waals surface area (Å²) in [6, 6.07) is 8.48. The molecule has 8 heteroatoms. The molecule has 44 heavy (non-hydrogen) atoms. The number of likely N-dealkylation sites (tertiary alicyclic amines) is 1. The van der Waals surface area contributed by atoms with E-state index in [2.05, 4.69) is 58.1 Å². The summed E-state index contributed by atoms with van der Waals surface area (Å²) in [6.45, 7) is 12.9. The second-order valence-electron chi connectivity index (χ2n) is 13.7. The van der Waals surface area contributed by atoms with Gasteiger partial charge in [0.05, 0.1) is 31.5 Å². The van der Waals surface area contributed by atoms with E-state index in [4.69, 9.17) is 9.47 Å². The largest absolute Gasteiger partial charge is 0.504 e. The zero-order valence-corrected chi connectivity index (χ0v) is 27.7. The first kappa shape index (κ1) is 33.0. The van der Waals surface area contributed by atoms with Gasteiger partial charge in [-0.3, -0.25) is 9.69 Å². The Balaban J connectivity index is 1.22. The number of piperidine rings is 1. The predicted molar refractivity (Wildman–Crippen MR) is 176 cm³/mol. The van der Waals surface area contributed by atoms with Crippen molar-refractivity contribution in [1.29, 1.82) is 0 Å². The molecule has 3 saturated heterocycles. The molecule has 0 aliphatic carbocycles. The molecule has 1 N–H and O–H groups in total. The highest BCUT2D eigenvalue weighted by Gasteiger charge is 2.68. The van der Waals surface area contributed by atoms with Crippen LogP contribution in [0.2, 0.25) is 0 Å². The van der Waals surface area contributed by atoms with Crippen molar-refractivity contribution in [1.82, 2.24) is 15.1 Å². The van der Waals surface area contributed by atoms with Crippen molar-refractivity contribution in [2.45, 2.75) is 89.0 Å². The second-order valence-corrected chi connectivity index (χ2v) is 13.7. The van der Waals surface area contributed by atoms with Gasteiger partial charge in [-0.25, -0.2) is 4.79 Å². The molecule has 4 heterocycles. The minimum absolute atomic E-state index is 0.0349. The molecule has 1 aromatic carbocycles. The molecule has 0 radical (unpaired) electrons. The lowest BCUT2D eigenvalue weighted by atomic mass is 9.60. The van der Waals surface area contributed by atoms with Gasteiger partial charge >= 0.3 is 5.97 Å². The standard InChI is InChI=1S/C36H56N4O4/c1-5-28-26-39-23-17-36(35(39,2)25-29(28)30(27-43-3)33(41)44-4)31-15-9-10-16-32(31)40(34(36)42)22-12-8-6-7-11-18-37-19-24-38-20-13-14-21-38/h9-10,15-16,27-29,37H,5-8,11-14,17-26H2,1-4H3. The highest BCUT2D eigenvalue weighted by atomic mass is 16.5. The van der Waals surface area contributed by atoms with Gasteiger partial charge in [-0.2, -0.15) is 0 Å². The number of nitrogens with one attached hydrogen (secondary N) is 1. The summed E-state index contributed by atoms with van der Waals surface area (Å²) in [4.78, 5) is 34.8. The fourth-order valence-electron chi connectivity index (χ4n) is 8.93. The molecule has 5 rings (SSSR count). The van der Waals surface area contributed by atoms with Crippen molar-refractivity contribution in [2.75, 3.05) is 71.5 Å². The van der Waals surface area contributed by atoms with E-state index in [1.807, 2.05) is 0 Å². The number of nitrogens with zero attached hydrogens (tertiary/aromatic N) is 3. The van der Waals surface area contributed by atoms with Gasteiger partial charge in [-0.15, -0.1) is 0 Å². The molecule has 4 atom stereocenters. The van der Waals surface area contributed by atoms with Crippen LogP contribution in [-0.4, -0.2) is 93.8 Å². The van der Waals surface area contributed by atoms with Gasteiger partial charge in [-0.1, -0.05) is 50.8 Å². The summed E-state index contributed by atoms with van der Waals surface area (Å²) in [6.07, 6.45) is 12.6. The average molecular weight is 609 g/mol. The summed E-state index contributed by atoms with van der Waals surface area (Å²) in [7, 11) is 3.02. The fourth-order valence-corrected chi connectivity index (χ4v) is 8.93. The van der Waals surface area contributed by atoms with E-state index in [0.717, 1.165) is 70.5 Å². The monoisotopic (exact) mass is 608 g/mol. The highest BCUT2D eigenvalue weighted by Crippen LogP contribution is 2.60. The number of ether oxygens (including phenoxy) is 2. The summed E-state index contributed by atoms with van der Waals surface area (Å²) in [5, 5.41) is 3.62. The van der Waals surface area contributed by atoms with E-state index in [-0.39, 0.29) is 17.8 Å². The number of hydrogen-bond donors (Lipinski definition) is 1. The number of amides is 1. The first-order valence-corrected chi connectivity index (χ1v) is 17.3. The van der Waals surface area contributed by atoms with E-state index in [9.17, 15) is 9.59 Å². The van der Waals surface area contributed by atoms with Crippen LogP contribution < -0.4 is 10.2 Å². The van der Waals surface area contributed by atoms with Crippen molar-refractivity contribution in [3.8, 4) is 0 Å². The molecule has 8 nitrogen and oxygen atoms in total. The molecular formula is C36H56N4O4. The number of hydrogen-bond acceptors (Lipinski definition) is 7. The molecule has 4 aliphatic heterocycles. The normalized spacial score (nSPS) is 29.0. The third-order valence-electron chi connectivity index (χ3n) is 11.4. The molecule has 244 valence electrons. The number of rotatable bonds is 15. The first-order valence-electron chi connectivity index (χ1n) is 17.3. The smallest absolute Gasteiger partial charge is 0.337 e. The van der Waals surface area contributed by atoms with Crippen molar-refractivity contribution < 1.29 is 19.1 Å². The third kappa shape index (κ3) is 6.19. The first-order chi connectivity index (χ1) is 21.4. The summed E-state index contributed by atoms with van der Waals surface area (Å²) < 4.78 is 10.6. The fraction of sp³-hybridized carbons (Fsp3) is 0.722. The third-order valence-corrected chi connectivity index (χ3v) is 11.4. The summed E-state index contributed by atoms with van der Waals surface area (Å²) >= 11 is 0. The van der Waals surface area contributed by atoms with Crippen LogP contribution in [-0.2, 0) is 24.5 Å². The predicted octanol–water partition coefficient (Wildman–Crippen LogP) is 5.12. The Bertz CT molecular complexity index is 1170. The zero-order valence-electron chi connectivity index (χ0n) is 27.7. The van der Waals surface area contributed by atoms with Gasteiger partial charge in [0, 0.05) is 44.0 Å². The maximum atomic E-state index is 14.7. The van der Waals surface area contributed by atoms with Gasteiger partial charge in [0.15, 0.2) is 0 Å². The molecule has 0 bridgehead atoms. The molecule has 1 spiro atoms. The van der Waals surface area contributed by atoms with Crippen LogP contribution >= 0.6 is 0 Å². The number of fused-ring (bicyclic) bond motifs is 4. The van der Waals surface area contributed by atoms with Crippen molar-refractivity contribution in [3.63, 3.8) is 0 Å². The zero-order chi connectivity index (χ0) is 31.2. The number of unbranched alkanes of at least 4 members (excludes halogenated alkanes) is 4. The van der Waals surface area contributed by atoms with E-state index < -0.39 is 11.0 Å².